The van der Waals surface area contributed by atoms with Gasteiger partial charge in [0.2, 0.25) is 0 Å². The summed E-state index contributed by atoms with van der Waals surface area (Å²) in [6, 6.07) is 7.33. The molecule has 0 spiro atoms. The second-order valence-corrected chi connectivity index (χ2v) is 4.59. The Labute approximate surface area is 99.2 Å². The molecule has 0 aliphatic heterocycles. The Morgan fingerprint density at radius 3 is 2.71 bits per heavy atom. The third-order valence-corrected chi connectivity index (χ3v) is 3.63. The molecule has 0 amide bonds. The minimum absolute atomic E-state index is 0.0243. The van der Waals surface area contributed by atoms with Gasteiger partial charge in [-0.2, -0.15) is 5.26 Å². The van der Waals surface area contributed by atoms with Crippen LogP contribution in [0.3, 0.4) is 0 Å². The van der Waals surface area contributed by atoms with Gasteiger partial charge in [-0.15, -0.1) is 0 Å². The van der Waals surface area contributed by atoms with E-state index in [1.54, 1.807) is 12.1 Å². The Kier molecular flexibility index (Phi) is 3.85. The number of carbonyl (C=O) groups is 1. The van der Waals surface area contributed by atoms with E-state index in [0.29, 0.717) is 5.56 Å². The van der Waals surface area contributed by atoms with Crippen LogP contribution in [-0.4, -0.2) is 5.78 Å². The van der Waals surface area contributed by atoms with E-state index < -0.39 is 0 Å². The van der Waals surface area contributed by atoms with Gasteiger partial charge >= 0.3 is 0 Å². The molecule has 0 aliphatic carbocycles. The zero-order valence-corrected chi connectivity index (χ0v) is 10.6. The Morgan fingerprint density at radius 1 is 1.57 bits per heavy atom. The number of carbonyl (C=O) groups excluding carboxylic acids is 1. The van der Waals surface area contributed by atoms with Gasteiger partial charge in [0.15, 0.2) is 0 Å². The maximum absolute atomic E-state index is 11.1. The van der Waals surface area contributed by atoms with Crippen molar-refractivity contribution in [2.45, 2.75) is 11.8 Å². The summed E-state index contributed by atoms with van der Waals surface area (Å²) in [6.45, 7) is 1.51. The fraction of sp³-hybridized carbons (Fsp3) is 0.200. The fourth-order valence-electron chi connectivity index (χ4n) is 1.02. The first kappa shape index (κ1) is 11.4. The first-order chi connectivity index (χ1) is 6.56. The Morgan fingerprint density at radius 2 is 2.21 bits per heavy atom. The SMILES string of the molecule is CC(=O)C(Br)c1ccc(Br)c(C#N)c1. The Balaban J connectivity index is 3.14. The Bertz CT molecular complexity index is 409. The van der Waals surface area contributed by atoms with Crippen LogP contribution < -0.4 is 0 Å². The maximum Gasteiger partial charge on any atom is 0.147 e. The van der Waals surface area contributed by atoms with Crippen LogP contribution in [0.1, 0.15) is 22.9 Å². The van der Waals surface area contributed by atoms with Crippen molar-refractivity contribution in [2.75, 3.05) is 0 Å². The minimum Gasteiger partial charge on any atom is -0.298 e. The molecule has 1 atom stereocenters. The van der Waals surface area contributed by atoms with Crippen molar-refractivity contribution in [1.29, 1.82) is 5.26 Å². The summed E-state index contributed by atoms with van der Waals surface area (Å²) in [5.74, 6) is 0.0243. The summed E-state index contributed by atoms with van der Waals surface area (Å²) in [5.41, 5.74) is 1.34. The smallest absolute Gasteiger partial charge is 0.147 e. The van der Waals surface area contributed by atoms with Crippen molar-refractivity contribution in [3.05, 3.63) is 33.8 Å². The monoisotopic (exact) mass is 315 g/mol. The van der Waals surface area contributed by atoms with E-state index in [2.05, 4.69) is 37.9 Å². The van der Waals surface area contributed by atoms with Crippen molar-refractivity contribution in [3.63, 3.8) is 0 Å². The molecule has 0 heterocycles. The van der Waals surface area contributed by atoms with Crippen molar-refractivity contribution in [3.8, 4) is 6.07 Å². The van der Waals surface area contributed by atoms with E-state index in [-0.39, 0.29) is 10.6 Å². The molecule has 14 heavy (non-hydrogen) atoms. The number of hydrogen-bond donors (Lipinski definition) is 0. The summed E-state index contributed by atoms with van der Waals surface area (Å²) in [4.78, 5) is 10.8. The van der Waals surface area contributed by atoms with Crippen LogP contribution in [0, 0.1) is 11.3 Å². The van der Waals surface area contributed by atoms with E-state index in [0.717, 1.165) is 10.0 Å². The van der Waals surface area contributed by atoms with Gasteiger partial charge in [0.1, 0.15) is 11.9 Å². The third kappa shape index (κ3) is 2.43. The van der Waals surface area contributed by atoms with E-state index >= 15 is 0 Å². The predicted molar refractivity (Wildman–Crippen MR) is 61.2 cm³/mol. The number of Topliss-reactive ketones (excluding diaryl/α,β-unsaturated/α-hetero) is 1. The van der Waals surface area contributed by atoms with Gasteiger partial charge in [-0.25, -0.2) is 0 Å². The molecule has 0 aromatic heterocycles. The number of halogens is 2. The molecule has 0 saturated carbocycles. The van der Waals surface area contributed by atoms with Crippen molar-refractivity contribution in [2.24, 2.45) is 0 Å². The molecule has 1 rings (SSSR count). The molecule has 0 bridgehead atoms. The second kappa shape index (κ2) is 4.72. The summed E-state index contributed by atoms with van der Waals surface area (Å²) in [5, 5.41) is 8.78. The lowest BCUT2D eigenvalue weighted by molar-refractivity contribution is -0.116. The highest BCUT2D eigenvalue weighted by Crippen LogP contribution is 2.27. The molecule has 1 unspecified atom stereocenters. The van der Waals surface area contributed by atoms with Crippen LogP contribution in [-0.2, 0) is 4.79 Å². The molecule has 4 heteroatoms. The van der Waals surface area contributed by atoms with E-state index in [1.165, 1.54) is 6.92 Å². The van der Waals surface area contributed by atoms with Gasteiger partial charge in [-0.1, -0.05) is 22.0 Å². The van der Waals surface area contributed by atoms with E-state index in [1.807, 2.05) is 6.07 Å². The lowest BCUT2D eigenvalue weighted by Gasteiger charge is -2.06. The number of alkyl halides is 1. The highest BCUT2D eigenvalue weighted by molar-refractivity contribution is 9.10. The van der Waals surface area contributed by atoms with Crippen molar-refractivity contribution < 1.29 is 4.79 Å². The van der Waals surface area contributed by atoms with Gasteiger partial charge in [0, 0.05) is 4.47 Å². The van der Waals surface area contributed by atoms with Crippen LogP contribution in [0.25, 0.3) is 0 Å². The molecule has 0 saturated heterocycles. The van der Waals surface area contributed by atoms with Crippen LogP contribution in [0.2, 0.25) is 0 Å². The second-order valence-electron chi connectivity index (χ2n) is 2.82. The quantitative estimate of drug-likeness (QED) is 0.785. The molecule has 1 aromatic carbocycles. The first-order valence-corrected chi connectivity index (χ1v) is 5.61. The van der Waals surface area contributed by atoms with E-state index in [9.17, 15) is 4.79 Å². The minimum atomic E-state index is -0.331. The zero-order chi connectivity index (χ0) is 10.7. The number of nitrogens with zero attached hydrogens (tertiary/aromatic N) is 1. The van der Waals surface area contributed by atoms with Gasteiger partial charge < -0.3 is 0 Å². The first-order valence-electron chi connectivity index (χ1n) is 3.90. The topological polar surface area (TPSA) is 40.9 Å². The number of ketones is 1. The Hall–Kier alpha value is -0.660. The number of rotatable bonds is 2. The van der Waals surface area contributed by atoms with Gasteiger partial charge in [0.25, 0.3) is 0 Å². The molecule has 72 valence electrons. The van der Waals surface area contributed by atoms with Crippen LogP contribution in [0.5, 0.6) is 0 Å². The lowest BCUT2D eigenvalue weighted by Crippen LogP contribution is -2.01. The normalized spacial score (nSPS) is 11.9. The highest BCUT2D eigenvalue weighted by atomic mass is 79.9. The highest BCUT2D eigenvalue weighted by Gasteiger charge is 2.13. The molecule has 0 N–H and O–H groups in total. The van der Waals surface area contributed by atoms with Crippen molar-refractivity contribution >= 4 is 37.6 Å². The average Bonchev–Trinajstić information content (AvgIpc) is 2.17. The van der Waals surface area contributed by atoms with Gasteiger partial charge in [-0.05, 0) is 40.5 Å². The van der Waals surface area contributed by atoms with Crippen LogP contribution in [0.15, 0.2) is 22.7 Å². The average molecular weight is 317 g/mol. The van der Waals surface area contributed by atoms with Crippen LogP contribution in [0.4, 0.5) is 0 Å². The maximum atomic E-state index is 11.1. The summed E-state index contributed by atoms with van der Waals surface area (Å²) in [6.07, 6.45) is 0. The molecule has 2 nitrogen and oxygen atoms in total. The summed E-state index contributed by atoms with van der Waals surface area (Å²) in [7, 11) is 0. The largest absolute Gasteiger partial charge is 0.298 e. The standard InChI is InChI=1S/C10H7Br2NO/c1-6(14)10(12)7-2-3-9(11)8(4-7)5-13/h2-4,10H,1H3. The van der Waals surface area contributed by atoms with Crippen LogP contribution >= 0.6 is 31.9 Å². The number of hydrogen-bond acceptors (Lipinski definition) is 2. The molecular weight excluding hydrogens is 310 g/mol. The lowest BCUT2D eigenvalue weighted by atomic mass is 10.1. The molecule has 1 aromatic rings. The predicted octanol–water partition coefficient (Wildman–Crippen LogP) is 3.35. The molecular formula is C10H7Br2NO. The van der Waals surface area contributed by atoms with Crippen molar-refractivity contribution in [1.82, 2.24) is 0 Å². The van der Waals surface area contributed by atoms with Gasteiger partial charge in [0.05, 0.1) is 10.4 Å². The molecule has 0 fully saturated rings. The zero-order valence-electron chi connectivity index (χ0n) is 7.42. The number of nitriles is 1. The van der Waals surface area contributed by atoms with E-state index in [4.69, 9.17) is 5.26 Å². The molecule has 0 aliphatic rings. The summed E-state index contributed by atoms with van der Waals surface area (Å²) < 4.78 is 0.743. The summed E-state index contributed by atoms with van der Waals surface area (Å²) >= 11 is 6.52. The fourth-order valence-corrected chi connectivity index (χ4v) is 1.64. The molecule has 0 radical (unpaired) electrons. The number of benzene rings is 1. The third-order valence-electron chi connectivity index (χ3n) is 1.76. The van der Waals surface area contributed by atoms with Gasteiger partial charge in [-0.3, -0.25) is 4.79 Å².